The van der Waals surface area contributed by atoms with Gasteiger partial charge in [-0.05, 0) is 33.0 Å². The number of rotatable bonds is 8. The van der Waals surface area contributed by atoms with Crippen molar-refractivity contribution in [1.82, 2.24) is 25.8 Å². The predicted molar refractivity (Wildman–Crippen MR) is 123 cm³/mol. The molecule has 1 aliphatic rings. The third-order valence-corrected chi connectivity index (χ3v) is 5.42. The van der Waals surface area contributed by atoms with Gasteiger partial charge in [-0.15, -0.1) is 0 Å². The Hall–Kier alpha value is -3.01. The van der Waals surface area contributed by atoms with E-state index in [9.17, 15) is 5.11 Å². The van der Waals surface area contributed by atoms with E-state index >= 15 is 0 Å². The van der Waals surface area contributed by atoms with Crippen LogP contribution in [0.5, 0.6) is 5.75 Å². The molecule has 3 heterocycles. The summed E-state index contributed by atoms with van der Waals surface area (Å²) >= 11 is 0. The van der Waals surface area contributed by atoms with E-state index in [0.29, 0.717) is 18.1 Å². The van der Waals surface area contributed by atoms with Crippen LogP contribution in [0.3, 0.4) is 0 Å². The summed E-state index contributed by atoms with van der Waals surface area (Å²) in [5.41, 5.74) is 3.33. The normalized spacial score (nSPS) is 15.1. The second kappa shape index (κ2) is 10.1. The Kier molecular flexibility index (Phi) is 6.99. The van der Waals surface area contributed by atoms with Gasteiger partial charge in [0.1, 0.15) is 30.0 Å². The Morgan fingerprint density at radius 1 is 1.22 bits per heavy atom. The number of piperazine rings is 1. The molecule has 0 aliphatic carbocycles. The van der Waals surface area contributed by atoms with Gasteiger partial charge in [-0.1, -0.05) is 17.3 Å². The molecule has 1 aromatic carbocycles. The Balaban J connectivity index is 1.70. The number of nitrogens with one attached hydrogen (secondary N) is 2. The maximum absolute atomic E-state index is 9.93. The molecule has 1 unspecified atom stereocenters. The molecule has 32 heavy (non-hydrogen) atoms. The fraction of sp³-hybridized carbons (Fsp3) is 0.435. The number of ether oxygens (including phenoxy) is 1. The summed E-state index contributed by atoms with van der Waals surface area (Å²) in [5.74, 6) is 2.88. The lowest BCUT2D eigenvalue weighted by molar-refractivity contribution is 0.108. The first kappa shape index (κ1) is 22.2. The first-order valence-corrected chi connectivity index (χ1v) is 10.9. The van der Waals surface area contributed by atoms with Crippen LogP contribution >= 0.6 is 0 Å². The molecule has 1 fully saturated rings. The van der Waals surface area contributed by atoms with Crippen LogP contribution in [-0.4, -0.2) is 72.7 Å². The lowest BCUT2D eigenvalue weighted by Crippen LogP contribution is -2.44. The van der Waals surface area contributed by atoms with Crippen molar-refractivity contribution in [3.05, 3.63) is 41.8 Å². The summed E-state index contributed by atoms with van der Waals surface area (Å²) in [5, 5.41) is 20.3. The molecule has 3 N–H and O–H groups in total. The summed E-state index contributed by atoms with van der Waals surface area (Å²) in [7, 11) is 1.79. The van der Waals surface area contributed by atoms with Crippen molar-refractivity contribution in [3.8, 4) is 28.4 Å². The highest BCUT2D eigenvalue weighted by Crippen LogP contribution is 2.31. The number of nitrogens with zero attached hydrogens (tertiary/aromatic N) is 4. The number of aromatic nitrogens is 3. The Morgan fingerprint density at radius 2 is 2.03 bits per heavy atom. The van der Waals surface area contributed by atoms with Gasteiger partial charge in [0.15, 0.2) is 5.82 Å². The van der Waals surface area contributed by atoms with Gasteiger partial charge in [-0.3, -0.25) is 0 Å². The minimum absolute atomic E-state index is 0.205. The number of likely N-dealkylation sites (N-methyl/N-ethyl adjacent to an activating group) is 1. The summed E-state index contributed by atoms with van der Waals surface area (Å²) in [6.07, 6.45) is -0.581. The highest BCUT2D eigenvalue weighted by molar-refractivity contribution is 5.71. The molecule has 0 radical (unpaired) electrons. The molecule has 2 aromatic heterocycles. The lowest BCUT2D eigenvalue weighted by atomic mass is 10.1. The summed E-state index contributed by atoms with van der Waals surface area (Å²) < 4.78 is 11.2. The number of aliphatic hydroxyl groups is 1. The Morgan fingerprint density at radius 3 is 2.75 bits per heavy atom. The molecule has 1 atom stereocenters. The number of aliphatic hydroxyl groups excluding tert-OH is 1. The van der Waals surface area contributed by atoms with E-state index < -0.39 is 6.10 Å². The highest BCUT2D eigenvalue weighted by Gasteiger charge is 2.20. The summed E-state index contributed by atoms with van der Waals surface area (Å²) in [6, 6.07) is 9.65. The van der Waals surface area contributed by atoms with Crippen molar-refractivity contribution >= 4 is 5.82 Å². The zero-order valence-electron chi connectivity index (χ0n) is 18.8. The quantitative estimate of drug-likeness (QED) is 0.485. The highest BCUT2D eigenvalue weighted by atomic mass is 16.5. The first-order valence-electron chi connectivity index (χ1n) is 10.9. The Labute approximate surface area is 187 Å². The third-order valence-electron chi connectivity index (χ3n) is 5.42. The lowest BCUT2D eigenvalue weighted by Gasteiger charge is -2.29. The fourth-order valence-corrected chi connectivity index (χ4v) is 3.81. The average Bonchev–Trinajstić information content (AvgIpc) is 3.16. The van der Waals surface area contributed by atoms with E-state index in [2.05, 4.69) is 20.7 Å². The van der Waals surface area contributed by atoms with Gasteiger partial charge in [-0.2, -0.15) is 0 Å². The number of benzene rings is 1. The molecule has 9 heteroatoms. The van der Waals surface area contributed by atoms with Crippen LogP contribution in [0.15, 0.2) is 34.9 Å². The number of hydrogen-bond acceptors (Lipinski definition) is 9. The molecule has 1 saturated heterocycles. The molecule has 0 amide bonds. The monoisotopic (exact) mass is 438 g/mol. The van der Waals surface area contributed by atoms with Crippen molar-refractivity contribution in [2.75, 3.05) is 51.3 Å². The second-order valence-electron chi connectivity index (χ2n) is 7.92. The van der Waals surface area contributed by atoms with Crippen molar-refractivity contribution in [2.45, 2.75) is 20.0 Å². The molecule has 0 bridgehead atoms. The topological polar surface area (TPSA) is 109 Å². The number of hydrogen-bond donors (Lipinski definition) is 3. The van der Waals surface area contributed by atoms with E-state index in [0.717, 1.165) is 60.3 Å². The zero-order valence-corrected chi connectivity index (χ0v) is 18.8. The Bertz CT molecular complexity index is 1030. The van der Waals surface area contributed by atoms with Crippen LogP contribution < -0.4 is 20.3 Å². The maximum Gasteiger partial charge on any atom is 0.162 e. The number of anilines is 1. The van der Waals surface area contributed by atoms with Crippen molar-refractivity contribution in [2.24, 2.45) is 0 Å². The second-order valence-corrected chi connectivity index (χ2v) is 7.92. The SMILES string of the molecule is CNCC(O)COc1cccc(-c2nc(-c3c(C)noc3C)cc(N3CCNCC3)n2)c1. The van der Waals surface area contributed by atoms with Crippen LogP contribution in [0, 0.1) is 13.8 Å². The van der Waals surface area contributed by atoms with Crippen LogP contribution in [0.25, 0.3) is 22.6 Å². The van der Waals surface area contributed by atoms with Crippen LogP contribution in [0.4, 0.5) is 5.82 Å². The minimum atomic E-state index is -0.581. The predicted octanol–water partition coefficient (Wildman–Crippen LogP) is 1.78. The fourth-order valence-electron chi connectivity index (χ4n) is 3.81. The summed E-state index contributed by atoms with van der Waals surface area (Å²) in [6.45, 7) is 8.08. The van der Waals surface area contributed by atoms with Gasteiger partial charge < -0.3 is 29.9 Å². The van der Waals surface area contributed by atoms with Crippen molar-refractivity contribution in [3.63, 3.8) is 0 Å². The van der Waals surface area contributed by atoms with Crippen LogP contribution in [0.2, 0.25) is 0 Å². The maximum atomic E-state index is 9.93. The first-order chi connectivity index (χ1) is 15.5. The van der Waals surface area contributed by atoms with Crippen molar-refractivity contribution < 1.29 is 14.4 Å². The smallest absolute Gasteiger partial charge is 0.162 e. The molecule has 170 valence electrons. The minimum Gasteiger partial charge on any atom is -0.491 e. The largest absolute Gasteiger partial charge is 0.491 e. The summed E-state index contributed by atoms with van der Waals surface area (Å²) in [4.78, 5) is 12.0. The van der Waals surface area contributed by atoms with E-state index in [1.54, 1.807) is 7.05 Å². The van der Waals surface area contributed by atoms with Crippen LogP contribution in [-0.2, 0) is 0 Å². The third kappa shape index (κ3) is 5.07. The zero-order chi connectivity index (χ0) is 22.5. The molecule has 1 aliphatic heterocycles. The van der Waals surface area contributed by atoms with E-state index in [-0.39, 0.29) is 6.61 Å². The van der Waals surface area contributed by atoms with E-state index in [4.69, 9.17) is 19.2 Å². The molecule has 0 spiro atoms. The molecular weight excluding hydrogens is 408 g/mol. The molecule has 4 rings (SSSR count). The molecule has 9 nitrogen and oxygen atoms in total. The van der Waals surface area contributed by atoms with Gasteiger partial charge in [0.2, 0.25) is 0 Å². The van der Waals surface area contributed by atoms with E-state index in [1.807, 2.05) is 44.2 Å². The van der Waals surface area contributed by atoms with Crippen LogP contribution in [0.1, 0.15) is 11.5 Å². The van der Waals surface area contributed by atoms with E-state index in [1.165, 1.54) is 0 Å². The molecular formula is C23H30N6O3. The van der Waals surface area contributed by atoms with Gasteiger partial charge in [0.25, 0.3) is 0 Å². The number of aryl methyl sites for hydroxylation is 2. The van der Waals surface area contributed by atoms with Crippen molar-refractivity contribution in [1.29, 1.82) is 0 Å². The van der Waals surface area contributed by atoms with Gasteiger partial charge in [0, 0.05) is 44.4 Å². The van der Waals surface area contributed by atoms with Gasteiger partial charge in [0.05, 0.1) is 17.0 Å². The average molecular weight is 439 g/mol. The molecule has 0 saturated carbocycles. The van der Waals surface area contributed by atoms with Gasteiger partial charge in [-0.25, -0.2) is 9.97 Å². The standard InChI is InChI=1S/C23H30N6O3/c1-15-22(16(2)32-28-15)20-12-21(29-9-7-25-8-10-29)27-23(26-20)17-5-4-6-19(11-17)31-14-18(30)13-24-3/h4-6,11-12,18,24-25,30H,7-10,13-14H2,1-3H3. The molecule has 3 aromatic rings. The van der Waals surface area contributed by atoms with Gasteiger partial charge >= 0.3 is 0 Å².